The SMILES string of the molecule is CCCOc1ccc(C2=C(N3CCCC3)C(=O)N(c3ccc(N(C)C)cc3)C2=O)cc1. The third-order valence-electron chi connectivity index (χ3n) is 5.72. The van der Waals surface area contributed by atoms with Gasteiger partial charge in [-0.3, -0.25) is 9.59 Å². The van der Waals surface area contributed by atoms with E-state index < -0.39 is 0 Å². The molecule has 6 nitrogen and oxygen atoms in total. The van der Waals surface area contributed by atoms with E-state index in [0.29, 0.717) is 23.6 Å². The first-order valence-corrected chi connectivity index (χ1v) is 10.9. The Morgan fingerprint density at radius 2 is 1.55 bits per heavy atom. The van der Waals surface area contributed by atoms with Gasteiger partial charge >= 0.3 is 0 Å². The molecule has 0 spiro atoms. The van der Waals surface area contributed by atoms with Crippen LogP contribution in [-0.4, -0.2) is 50.5 Å². The summed E-state index contributed by atoms with van der Waals surface area (Å²) in [5, 5.41) is 0. The summed E-state index contributed by atoms with van der Waals surface area (Å²) < 4.78 is 5.68. The summed E-state index contributed by atoms with van der Waals surface area (Å²) in [4.78, 5) is 32.4. The zero-order valence-corrected chi connectivity index (χ0v) is 18.4. The molecule has 0 atom stereocenters. The van der Waals surface area contributed by atoms with E-state index in [0.717, 1.165) is 49.4 Å². The van der Waals surface area contributed by atoms with E-state index in [4.69, 9.17) is 4.74 Å². The molecule has 31 heavy (non-hydrogen) atoms. The summed E-state index contributed by atoms with van der Waals surface area (Å²) in [6.45, 7) is 4.30. The van der Waals surface area contributed by atoms with Crippen molar-refractivity contribution in [3.63, 3.8) is 0 Å². The highest BCUT2D eigenvalue weighted by Crippen LogP contribution is 2.37. The molecule has 2 aromatic carbocycles. The van der Waals surface area contributed by atoms with Crippen LogP contribution in [0.5, 0.6) is 5.75 Å². The highest BCUT2D eigenvalue weighted by atomic mass is 16.5. The Hall–Kier alpha value is -3.28. The Bertz CT molecular complexity index is 988. The molecule has 2 aromatic rings. The number of likely N-dealkylation sites (tertiary alicyclic amines) is 1. The van der Waals surface area contributed by atoms with Crippen molar-refractivity contribution in [3.8, 4) is 5.75 Å². The highest BCUT2D eigenvalue weighted by Gasteiger charge is 2.42. The first-order valence-electron chi connectivity index (χ1n) is 10.9. The van der Waals surface area contributed by atoms with E-state index in [9.17, 15) is 9.59 Å². The predicted octanol–water partition coefficient (Wildman–Crippen LogP) is 3.92. The summed E-state index contributed by atoms with van der Waals surface area (Å²) in [7, 11) is 3.92. The summed E-state index contributed by atoms with van der Waals surface area (Å²) in [6.07, 6.45) is 2.99. The molecule has 0 bridgehead atoms. The fourth-order valence-electron chi connectivity index (χ4n) is 4.08. The van der Waals surface area contributed by atoms with Gasteiger partial charge in [-0.25, -0.2) is 4.90 Å². The maximum absolute atomic E-state index is 13.5. The number of rotatable bonds is 7. The Morgan fingerprint density at radius 1 is 0.903 bits per heavy atom. The minimum Gasteiger partial charge on any atom is -0.494 e. The largest absolute Gasteiger partial charge is 0.494 e. The maximum atomic E-state index is 13.5. The van der Waals surface area contributed by atoms with Crippen molar-refractivity contribution in [2.75, 3.05) is 43.6 Å². The molecule has 0 aliphatic carbocycles. The normalized spacial score (nSPS) is 16.5. The summed E-state index contributed by atoms with van der Waals surface area (Å²) in [6, 6.07) is 15.0. The van der Waals surface area contributed by atoms with Gasteiger partial charge in [0.1, 0.15) is 11.4 Å². The molecule has 2 aliphatic rings. The number of amides is 2. The van der Waals surface area contributed by atoms with Gasteiger partial charge in [0.15, 0.2) is 0 Å². The summed E-state index contributed by atoms with van der Waals surface area (Å²) in [5.41, 5.74) is 3.34. The van der Waals surface area contributed by atoms with Crippen LogP contribution >= 0.6 is 0 Å². The third-order valence-corrected chi connectivity index (χ3v) is 5.72. The van der Waals surface area contributed by atoms with Crippen molar-refractivity contribution in [2.45, 2.75) is 26.2 Å². The van der Waals surface area contributed by atoms with Gasteiger partial charge in [0, 0.05) is 32.9 Å². The first-order chi connectivity index (χ1) is 15.0. The molecule has 4 rings (SSSR count). The summed E-state index contributed by atoms with van der Waals surface area (Å²) in [5.74, 6) is 0.249. The number of imide groups is 1. The molecule has 0 saturated carbocycles. The molecule has 0 aromatic heterocycles. The van der Waals surface area contributed by atoms with Gasteiger partial charge in [-0.2, -0.15) is 0 Å². The molecule has 0 unspecified atom stereocenters. The topological polar surface area (TPSA) is 53.1 Å². The predicted molar refractivity (Wildman–Crippen MR) is 123 cm³/mol. The standard InChI is InChI=1S/C25H29N3O3/c1-4-17-31-21-13-7-18(8-14-21)22-23(27-15-5-6-16-27)25(30)28(24(22)29)20-11-9-19(10-12-20)26(2)3/h7-14H,4-6,15-17H2,1-3H3. The van der Waals surface area contributed by atoms with E-state index in [1.807, 2.05) is 67.5 Å². The van der Waals surface area contributed by atoms with Crippen LogP contribution in [0.25, 0.3) is 5.57 Å². The van der Waals surface area contributed by atoms with E-state index in [-0.39, 0.29) is 11.8 Å². The average Bonchev–Trinajstić information content (AvgIpc) is 3.39. The Balaban J connectivity index is 1.71. The van der Waals surface area contributed by atoms with Crippen LogP contribution in [0, 0.1) is 0 Å². The van der Waals surface area contributed by atoms with Crippen LogP contribution in [0.15, 0.2) is 54.2 Å². The van der Waals surface area contributed by atoms with Crippen molar-refractivity contribution < 1.29 is 14.3 Å². The van der Waals surface area contributed by atoms with Gasteiger partial charge in [-0.05, 0) is 61.2 Å². The van der Waals surface area contributed by atoms with Gasteiger partial charge in [0.25, 0.3) is 11.8 Å². The Labute approximate surface area is 183 Å². The average molecular weight is 420 g/mol. The van der Waals surface area contributed by atoms with Crippen LogP contribution < -0.4 is 14.5 Å². The lowest BCUT2D eigenvalue weighted by atomic mass is 10.0. The molecule has 1 saturated heterocycles. The number of anilines is 2. The molecule has 6 heteroatoms. The van der Waals surface area contributed by atoms with Crippen LogP contribution in [-0.2, 0) is 9.59 Å². The fourth-order valence-corrected chi connectivity index (χ4v) is 4.08. The van der Waals surface area contributed by atoms with Crippen molar-refractivity contribution in [2.24, 2.45) is 0 Å². The van der Waals surface area contributed by atoms with Crippen LogP contribution in [0.2, 0.25) is 0 Å². The summed E-state index contributed by atoms with van der Waals surface area (Å²) >= 11 is 0. The zero-order valence-electron chi connectivity index (χ0n) is 18.4. The number of ether oxygens (including phenoxy) is 1. The number of nitrogens with zero attached hydrogens (tertiary/aromatic N) is 3. The molecular formula is C25H29N3O3. The van der Waals surface area contributed by atoms with Gasteiger partial charge in [0.2, 0.25) is 0 Å². The van der Waals surface area contributed by atoms with Gasteiger partial charge in [-0.1, -0.05) is 19.1 Å². The number of carbonyl (C=O) groups excluding carboxylic acids is 2. The minimum atomic E-state index is -0.272. The molecular weight excluding hydrogens is 390 g/mol. The minimum absolute atomic E-state index is 0.245. The fraction of sp³-hybridized carbons (Fsp3) is 0.360. The highest BCUT2D eigenvalue weighted by molar-refractivity contribution is 6.45. The van der Waals surface area contributed by atoms with Crippen molar-refractivity contribution in [1.29, 1.82) is 0 Å². The quantitative estimate of drug-likeness (QED) is 0.637. The van der Waals surface area contributed by atoms with Crippen molar-refractivity contribution in [1.82, 2.24) is 4.90 Å². The maximum Gasteiger partial charge on any atom is 0.282 e. The van der Waals surface area contributed by atoms with Crippen molar-refractivity contribution >= 4 is 28.8 Å². The lowest BCUT2D eigenvalue weighted by Crippen LogP contribution is -2.34. The number of carbonyl (C=O) groups is 2. The second kappa shape index (κ2) is 8.84. The monoisotopic (exact) mass is 419 g/mol. The van der Waals surface area contributed by atoms with Gasteiger partial charge in [-0.15, -0.1) is 0 Å². The molecule has 162 valence electrons. The van der Waals surface area contributed by atoms with Crippen molar-refractivity contribution in [3.05, 3.63) is 59.8 Å². The Morgan fingerprint density at radius 3 is 2.13 bits per heavy atom. The number of hydrogen-bond donors (Lipinski definition) is 0. The molecule has 2 heterocycles. The van der Waals surface area contributed by atoms with E-state index in [1.54, 1.807) is 0 Å². The molecule has 0 radical (unpaired) electrons. The van der Waals surface area contributed by atoms with E-state index >= 15 is 0 Å². The van der Waals surface area contributed by atoms with Crippen LogP contribution in [0.3, 0.4) is 0 Å². The van der Waals surface area contributed by atoms with Gasteiger partial charge in [0.05, 0.1) is 17.9 Å². The van der Waals surface area contributed by atoms with E-state index in [1.165, 1.54) is 4.90 Å². The number of benzene rings is 2. The molecule has 2 aliphatic heterocycles. The lowest BCUT2D eigenvalue weighted by molar-refractivity contribution is -0.120. The first kappa shape index (κ1) is 21.0. The number of hydrogen-bond acceptors (Lipinski definition) is 5. The second-order valence-corrected chi connectivity index (χ2v) is 8.15. The van der Waals surface area contributed by atoms with E-state index in [2.05, 4.69) is 11.8 Å². The second-order valence-electron chi connectivity index (χ2n) is 8.15. The molecule has 2 amide bonds. The Kier molecular flexibility index (Phi) is 5.98. The van der Waals surface area contributed by atoms with Crippen LogP contribution in [0.1, 0.15) is 31.7 Å². The molecule has 1 fully saturated rings. The van der Waals surface area contributed by atoms with Gasteiger partial charge < -0.3 is 14.5 Å². The molecule has 0 N–H and O–H groups in total. The zero-order chi connectivity index (χ0) is 22.0. The third kappa shape index (κ3) is 4.02. The smallest absolute Gasteiger partial charge is 0.282 e. The van der Waals surface area contributed by atoms with Crippen LogP contribution in [0.4, 0.5) is 11.4 Å². The lowest BCUT2D eigenvalue weighted by Gasteiger charge is -2.21.